The van der Waals surface area contributed by atoms with Crippen LogP contribution in [-0.2, 0) is 0 Å². The Hall–Kier alpha value is -3.07. The molecule has 0 aliphatic carbocycles. The summed E-state index contributed by atoms with van der Waals surface area (Å²) in [7, 11) is 0. The largest absolute Gasteiger partial charge is 0.300 e. The van der Waals surface area contributed by atoms with Crippen LogP contribution in [0, 0.1) is 0 Å². The van der Waals surface area contributed by atoms with Crippen LogP contribution in [0.25, 0.3) is 16.2 Å². The molecule has 0 bridgehead atoms. The Morgan fingerprint density at radius 3 is 2.45 bits per heavy atom. The van der Waals surface area contributed by atoms with E-state index < -0.39 is 17.4 Å². The van der Waals surface area contributed by atoms with E-state index in [2.05, 4.69) is 10.1 Å². The van der Waals surface area contributed by atoms with Gasteiger partial charge in [0.2, 0.25) is 4.96 Å². The Morgan fingerprint density at radius 2 is 1.69 bits per heavy atom. The highest BCUT2D eigenvalue weighted by Crippen LogP contribution is 2.37. The molecule has 0 unspecified atom stereocenters. The highest BCUT2D eigenvalue weighted by Gasteiger charge is 2.42. The maximum Gasteiger partial charge on any atom is 0.300 e. The van der Waals surface area contributed by atoms with Gasteiger partial charge in [-0.3, -0.25) is 14.4 Å². The fraction of sp³-hybridized carbons (Fsp3) is 0. The van der Waals surface area contributed by atoms with Gasteiger partial charge < -0.3 is 0 Å². The molecule has 7 nitrogen and oxygen atoms in total. The number of aromatic nitrogens is 3. The number of halogens is 2. The molecule has 0 fully saturated rings. The Balaban J connectivity index is 1.71. The van der Waals surface area contributed by atoms with Crippen LogP contribution in [0.1, 0.15) is 20.2 Å². The van der Waals surface area contributed by atoms with Crippen LogP contribution >= 0.6 is 34.5 Å². The number of fused-ring (bicyclic) bond motifs is 3. The van der Waals surface area contributed by atoms with Gasteiger partial charge in [-0.15, -0.1) is 0 Å². The summed E-state index contributed by atoms with van der Waals surface area (Å²) >= 11 is 13.1. The fourth-order valence-corrected chi connectivity index (χ4v) is 4.45. The number of carbonyl (C=O) groups is 2. The quantitative estimate of drug-likeness (QED) is 0.439. The lowest BCUT2D eigenvalue weighted by atomic mass is 10.2. The monoisotopic (exact) mass is 442 g/mol. The topological polar surface area (TPSA) is 84.6 Å². The molecule has 0 saturated heterocycles. The van der Waals surface area contributed by atoms with Crippen molar-refractivity contribution in [2.24, 2.45) is 0 Å². The first-order valence-corrected chi connectivity index (χ1v) is 9.86. The molecule has 2 amide bonds. The maximum atomic E-state index is 13.1. The van der Waals surface area contributed by atoms with E-state index >= 15 is 0 Å². The molecule has 5 rings (SSSR count). The molecule has 1 aliphatic heterocycles. The lowest BCUT2D eigenvalue weighted by Crippen LogP contribution is -2.30. The molecule has 0 N–H and O–H groups in total. The zero-order chi connectivity index (χ0) is 20.3. The van der Waals surface area contributed by atoms with Crippen LogP contribution in [0.15, 0.2) is 53.3 Å². The van der Waals surface area contributed by atoms with Gasteiger partial charge >= 0.3 is 5.56 Å². The minimum atomic E-state index is -0.614. The molecule has 0 atom stereocenters. The predicted molar refractivity (Wildman–Crippen MR) is 110 cm³/mol. The van der Waals surface area contributed by atoms with Crippen LogP contribution in [0.3, 0.4) is 0 Å². The average Bonchev–Trinajstić information content (AvgIpc) is 3.19. The lowest BCUT2D eigenvalue weighted by molar-refractivity contribution is 0.0924. The molecule has 2 aromatic carbocycles. The third-order valence-corrected chi connectivity index (χ3v) is 5.97. The van der Waals surface area contributed by atoms with E-state index in [1.807, 2.05) is 6.07 Å². The van der Waals surface area contributed by atoms with Crippen molar-refractivity contribution < 1.29 is 9.59 Å². The van der Waals surface area contributed by atoms with Gasteiger partial charge in [0.05, 0.1) is 10.7 Å². The first-order valence-electron chi connectivity index (χ1n) is 8.29. The van der Waals surface area contributed by atoms with Crippen LogP contribution in [0.4, 0.5) is 5.69 Å². The number of anilines is 1. The number of imide groups is 1. The minimum absolute atomic E-state index is 0.0377. The molecule has 10 heteroatoms. The summed E-state index contributed by atoms with van der Waals surface area (Å²) in [6, 6.07) is 13.3. The Labute approximate surface area is 176 Å². The first-order chi connectivity index (χ1) is 14.0. The Bertz CT molecular complexity index is 1400. The fourth-order valence-electron chi connectivity index (χ4n) is 3.11. The van der Waals surface area contributed by atoms with E-state index in [9.17, 15) is 14.4 Å². The van der Waals surface area contributed by atoms with Gasteiger partial charge in [0.25, 0.3) is 11.8 Å². The van der Waals surface area contributed by atoms with Gasteiger partial charge in [-0.05, 0) is 18.2 Å². The molecular weight excluding hydrogens is 435 g/mol. The number of hydrogen-bond acceptors (Lipinski definition) is 6. The highest BCUT2D eigenvalue weighted by molar-refractivity contribution is 7.19. The van der Waals surface area contributed by atoms with E-state index in [0.29, 0.717) is 10.6 Å². The van der Waals surface area contributed by atoms with Gasteiger partial charge in [0.1, 0.15) is 4.88 Å². The van der Waals surface area contributed by atoms with Gasteiger partial charge in [0, 0.05) is 10.6 Å². The maximum absolute atomic E-state index is 13.1. The van der Waals surface area contributed by atoms with Crippen molar-refractivity contribution in [3.05, 3.63) is 79.5 Å². The number of carbonyl (C=O) groups excluding carboxylic acids is 2. The molecule has 0 spiro atoms. The highest BCUT2D eigenvalue weighted by atomic mass is 35.5. The zero-order valence-corrected chi connectivity index (χ0v) is 16.6. The van der Waals surface area contributed by atoms with E-state index in [1.54, 1.807) is 30.3 Å². The minimum Gasteiger partial charge on any atom is -0.267 e. The lowest BCUT2D eigenvalue weighted by Gasteiger charge is -2.16. The van der Waals surface area contributed by atoms with Crippen LogP contribution in [-0.4, -0.2) is 26.4 Å². The van der Waals surface area contributed by atoms with E-state index in [0.717, 1.165) is 16.2 Å². The molecule has 4 aromatic rings. The normalized spacial score (nSPS) is 13.4. The van der Waals surface area contributed by atoms with Crippen molar-refractivity contribution in [3.8, 4) is 11.3 Å². The molecule has 1 aliphatic rings. The summed E-state index contributed by atoms with van der Waals surface area (Å²) in [5.41, 5.74) is 0.332. The first kappa shape index (κ1) is 18.0. The standard InChI is InChI=1S/C19H8Cl2N4O3S/c20-10-6-7-11(21)12(8-10)24-17(27)14-15(18(24)28)29-19-22-16(26)13(23-25(14)19)9-4-2-1-3-5-9/h1-8H. The molecule has 29 heavy (non-hydrogen) atoms. The van der Waals surface area contributed by atoms with Crippen molar-refractivity contribution >= 4 is 57.0 Å². The Morgan fingerprint density at radius 1 is 0.931 bits per heavy atom. The summed E-state index contributed by atoms with van der Waals surface area (Å²) in [6.45, 7) is 0. The van der Waals surface area contributed by atoms with Crippen molar-refractivity contribution in [3.63, 3.8) is 0 Å². The number of benzene rings is 2. The van der Waals surface area contributed by atoms with E-state index in [-0.39, 0.29) is 31.9 Å². The van der Waals surface area contributed by atoms with Gasteiger partial charge in [-0.2, -0.15) is 14.6 Å². The van der Waals surface area contributed by atoms with E-state index in [1.165, 1.54) is 16.6 Å². The van der Waals surface area contributed by atoms with Gasteiger partial charge in [0.15, 0.2) is 11.4 Å². The molecule has 0 radical (unpaired) electrons. The SMILES string of the molecule is O=C1c2sc3nc(=O)c(-c4ccccc4)nn3c2C(=O)N1c1cc(Cl)ccc1Cl. The number of nitrogens with zero attached hydrogens (tertiary/aromatic N) is 4. The second-order valence-corrected chi connectivity index (χ2v) is 7.97. The second-order valence-electron chi connectivity index (χ2n) is 6.15. The molecule has 142 valence electrons. The number of thiazole rings is 1. The third-order valence-electron chi connectivity index (χ3n) is 4.40. The van der Waals surface area contributed by atoms with Crippen LogP contribution < -0.4 is 10.5 Å². The van der Waals surface area contributed by atoms with Crippen molar-refractivity contribution in [1.29, 1.82) is 0 Å². The molecule has 3 heterocycles. The molecule has 0 saturated carbocycles. The van der Waals surface area contributed by atoms with Crippen molar-refractivity contribution in [2.75, 3.05) is 4.90 Å². The zero-order valence-electron chi connectivity index (χ0n) is 14.3. The summed E-state index contributed by atoms with van der Waals surface area (Å²) in [6.07, 6.45) is 0. The summed E-state index contributed by atoms with van der Waals surface area (Å²) in [5.74, 6) is -1.18. The van der Waals surface area contributed by atoms with Crippen LogP contribution in [0.2, 0.25) is 10.0 Å². The van der Waals surface area contributed by atoms with Crippen molar-refractivity contribution in [2.45, 2.75) is 0 Å². The number of hydrogen-bond donors (Lipinski definition) is 0. The smallest absolute Gasteiger partial charge is 0.267 e. The van der Waals surface area contributed by atoms with Crippen molar-refractivity contribution in [1.82, 2.24) is 14.6 Å². The summed E-state index contributed by atoms with van der Waals surface area (Å²) in [5, 5.41) is 4.86. The Kier molecular flexibility index (Phi) is 4.02. The molecule has 2 aromatic heterocycles. The third kappa shape index (κ3) is 2.68. The van der Waals surface area contributed by atoms with Gasteiger partial charge in [-0.1, -0.05) is 64.9 Å². The average molecular weight is 443 g/mol. The summed E-state index contributed by atoms with van der Waals surface area (Å²) < 4.78 is 1.24. The molecular formula is C19H8Cl2N4O3S. The van der Waals surface area contributed by atoms with E-state index in [4.69, 9.17) is 23.2 Å². The second kappa shape index (κ2) is 6.48. The number of rotatable bonds is 2. The number of amides is 2. The van der Waals surface area contributed by atoms with Gasteiger partial charge in [-0.25, -0.2) is 4.90 Å². The predicted octanol–water partition coefficient (Wildman–Crippen LogP) is 3.93. The summed E-state index contributed by atoms with van der Waals surface area (Å²) in [4.78, 5) is 43.7. The van der Waals surface area contributed by atoms with Crippen LogP contribution in [0.5, 0.6) is 0 Å².